The molecule has 2 saturated carbocycles. The first-order valence-electron chi connectivity index (χ1n) is 10.3. The minimum Gasteiger partial charge on any atom is -0.508 e. The molecule has 2 fully saturated rings. The van der Waals surface area contributed by atoms with Gasteiger partial charge < -0.3 is 9.84 Å². The van der Waals surface area contributed by atoms with Crippen molar-refractivity contribution in [1.82, 2.24) is 0 Å². The van der Waals surface area contributed by atoms with Crippen molar-refractivity contribution in [2.24, 2.45) is 17.8 Å². The molecule has 0 aliphatic heterocycles. The summed E-state index contributed by atoms with van der Waals surface area (Å²) in [5.74, 6) is 1.01. The van der Waals surface area contributed by atoms with Gasteiger partial charge in [0.25, 0.3) is 0 Å². The Morgan fingerprint density at radius 1 is 1.08 bits per heavy atom. The number of phenolic OH excluding ortho intramolecular Hbond substituents is 1. The fraction of sp³-hybridized carbons (Fsp3) is 0.682. The molecule has 0 saturated heterocycles. The van der Waals surface area contributed by atoms with E-state index in [0.717, 1.165) is 49.5 Å². The van der Waals surface area contributed by atoms with Crippen LogP contribution in [-0.2, 0) is 4.74 Å². The average molecular weight is 362 g/mol. The SMILES string of the molecule is CCCC1CCC(C2CCC(OC(=O)c3ccc(O)cc3F)CC2)CC1. The fourth-order valence-corrected chi connectivity index (χ4v) is 4.92. The number of carbonyl (C=O) groups is 1. The number of phenols is 1. The monoisotopic (exact) mass is 362 g/mol. The molecule has 1 aromatic carbocycles. The normalized spacial score (nSPS) is 29.3. The van der Waals surface area contributed by atoms with Gasteiger partial charge in [-0.1, -0.05) is 32.6 Å². The molecule has 0 bridgehead atoms. The Bertz CT molecular complexity index is 599. The summed E-state index contributed by atoms with van der Waals surface area (Å²) in [6.07, 6.45) is 12.0. The summed E-state index contributed by atoms with van der Waals surface area (Å²) in [5, 5.41) is 9.25. The summed E-state index contributed by atoms with van der Waals surface area (Å²) in [4.78, 5) is 12.2. The van der Waals surface area contributed by atoms with E-state index < -0.39 is 11.8 Å². The Balaban J connectivity index is 1.44. The first kappa shape index (κ1) is 19.2. The van der Waals surface area contributed by atoms with Crippen LogP contribution in [0.4, 0.5) is 4.39 Å². The van der Waals surface area contributed by atoms with Gasteiger partial charge in [-0.05, 0) is 68.4 Å². The number of rotatable bonds is 5. The molecular formula is C22H31FO3. The summed E-state index contributed by atoms with van der Waals surface area (Å²) in [5.41, 5.74) is -0.0980. The van der Waals surface area contributed by atoms with Crippen molar-refractivity contribution in [2.75, 3.05) is 0 Å². The van der Waals surface area contributed by atoms with Gasteiger partial charge in [0.15, 0.2) is 0 Å². The molecule has 2 aliphatic carbocycles. The second-order valence-electron chi connectivity index (χ2n) is 8.18. The van der Waals surface area contributed by atoms with Crippen LogP contribution in [0.25, 0.3) is 0 Å². The molecule has 0 heterocycles. The maximum Gasteiger partial charge on any atom is 0.341 e. The molecule has 0 aromatic heterocycles. The number of hydrogen-bond acceptors (Lipinski definition) is 3. The van der Waals surface area contributed by atoms with Gasteiger partial charge in [-0.3, -0.25) is 0 Å². The van der Waals surface area contributed by atoms with Gasteiger partial charge in [0.2, 0.25) is 0 Å². The van der Waals surface area contributed by atoms with Crippen LogP contribution in [0.1, 0.15) is 81.5 Å². The minimum absolute atomic E-state index is 0.0980. The molecule has 4 heteroatoms. The Morgan fingerprint density at radius 3 is 2.27 bits per heavy atom. The second-order valence-corrected chi connectivity index (χ2v) is 8.18. The molecule has 3 rings (SSSR count). The number of esters is 1. The third kappa shape index (κ3) is 4.77. The van der Waals surface area contributed by atoms with Crippen molar-refractivity contribution < 1.29 is 19.0 Å². The van der Waals surface area contributed by atoms with E-state index in [4.69, 9.17) is 4.74 Å². The Labute approximate surface area is 155 Å². The molecule has 1 aromatic rings. The highest BCUT2D eigenvalue weighted by atomic mass is 19.1. The number of hydrogen-bond donors (Lipinski definition) is 1. The van der Waals surface area contributed by atoms with Gasteiger partial charge in [0, 0.05) is 6.07 Å². The van der Waals surface area contributed by atoms with E-state index in [1.165, 1.54) is 50.7 Å². The molecule has 0 spiro atoms. The quantitative estimate of drug-likeness (QED) is 0.668. The lowest BCUT2D eigenvalue weighted by Gasteiger charge is -2.37. The number of ether oxygens (including phenoxy) is 1. The fourth-order valence-electron chi connectivity index (χ4n) is 4.92. The average Bonchev–Trinajstić information content (AvgIpc) is 2.63. The minimum atomic E-state index is -0.729. The molecular weight excluding hydrogens is 331 g/mol. The van der Waals surface area contributed by atoms with Gasteiger partial charge in [-0.25, -0.2) is 9.18 Å². The first-order chi connectivity index (χ1) is 12.6. The maximum absolute atomic E-state index is 13.8. The first-order valence-corrected chi connectivity index (χ1v) is 10.3. The van der Waals surface area contributed by atoms with Gasteiger partial charge in [0.05, 0.1) is 5.56 Å². The number of aromatic hydroxyl groups is 1. The predicted molar refractivity (Wildman–Crippen MR) is 99.6 cm³/mol. The highest BCUT2D eigenvalue weighted by Gasteiger charge is 2.32. The van der Waals surface area contributed by atoms with Crippen molar-refractivity contribution >= 4 is 5.97 Å². The molecule has 0 radical (unpaired) electrons. The van der Waals surface area contributed by atoms with Gasteiger partial charge in [0.1, 0.15) is 17.7 Å². The summed E-state index contributed by atoms with van der Waals surface area (Å²) >= 11 is 0. The van der Waals surface area contributed by atoms with Crippen LogP contribution in [0.2, 0.25) is 0 Å². The topological polar surface area (TPSA) is 46.5 Å². The third-order valence-electron chi connectivity index (χ3n) is 6.42. The van der Waals surface area contributed by atoms with Crippen molar-refractivity contribution in [3.8, 4) is 5.75 Å². The number of carbonyl (C=O) groups excluding carboxylic acids is 1. The second kappa shape index (κ2) is 8.88. The number of halogens is 1. The van der Waals surface area contributed by atoms with E-state index in [2.05, 4.69) is 6.92 Å². The molecule has 26 heavy (non-hydrogen) atoms. The molecule has 0 unspecified atom stereocenters. The standard InChI is InChI=1S/C22H31FO3/c1-2-3-15-4-6-16(7-5-15)17-8-11-19(12-9-17)26-22(25)20-13-10-18(24)14-21(20)23/h10,13-17,19,24H,2-9,11-12H2,1H3. The highest BCUT2D eigenvalue weighted by Crippen LogP contribution is 2.41. The molecule has 144 valence electrons. The smallest absolute Gasteiger partial charge is 0.341 e. The lowest BCUT2D eigenvalue weighted by atomic mass is 9.70. The van der Waals surface area contributed by atoms with Crippen LogP contribution >= 0.6 is 0 Å². The highest BCUT2D eigenvalue weighted by molar-refractivity contribution is 5.90. The summed E-state index contributed by atoms with van der Waals surface area (Å²) in [6.45, 7) is 2.28. The summed E-state index contributed by atoms with van der Waals surface area (Å²) in [7, 11) is 0. The maximum atomic E-state index is 13.8. The largest absolute Gasteiger partial charge is 0.508 e. The molecule has 3 nitrogen and oxygen atoms in total. The van der Waals surface area contributed by atoms with Crippen LogP contribution in [-0.4, -0.2) is 17.2 Å². The van der Waals surface area contributed by atoms with Crippen LogP contribution in [0, 0.1) is 23.6 Å². The van der Waals surface area contributed by atoms with E-state index in [-0.39, 0.29) is 17.4 Å². The van der Waals surface area contributed by atoms with E-state index in [1.807, 2.05) is 0 Å². The van der Waals surface area contributed by atoms with Crippen LogP contribution in [0.5, 0.6) is 5.75 Å². The third-order valence-corrected chi connectivity index (χ3v) is 6.42. The van der Waals surface area contributed by atoms with Gasteiger partial charge >= 0.3 is 5.97 Å². The van der Waals surface area contributed by atoms with E-state index in [1.54, 1.807) is 0 Å². The molecule has 1 N–H and O–H groups in total. The van der Waals surface area contributed by atoms with E-state index in [0.29, 0.717) is 0 Å². The lowest BCUT2D eigenvalue weighted by molar-refractivity contribution is 0.0105. The van der Waals surface area contributed by atoms with Gasteiger partial charge in [-0.2, -0.15) is 0 Å². The summed E-state index contributed by atoms with van der Waals surface area (Å²) < 4.78 is 19.3. The lowest BCUT2D eigenvalue weighted by Crippen LogP contribution is -2.30. The Kier molecular flexibility index (Phi) is 6.55. The van der Waals surface area contributed by atoms with Crippen molar-refractivity contribution in [3.63, 3.8) is 0 Å². The van der Waals surface area contributed by atoms with Crippen LogP contribution < -0.4 is 0 Å². The number of benzene rings is 1. The van der Waals surface area contributed by atoms with E-state index in [9.17, 15) is 14.3 Å². The Morgan fingerprint density at radius 2 is 1.69 bits per heavy atom. The van der Waals surface area contributed by atoms with Crippen molar-refractivity contribution in [2.45, 2.75) is 77.2 Å². The van der Waals surface area contributed by atoms with Crippen LogP contribution in [0.3, 0.4) is 0 Å². The molecule has 0 atom stereocenters. The van der Waals surface area contributed by atoms with Crippen molar-refractivity contribution in [1.29, 1.82) is 0 Å². The van der Waals surface area contributed by atoms with Crippen LogP contribution in [0.15, 0.2) is 18.2 Å². The predicted octanol–water partition coefficient (Wildman–Crippen LogP) is 5.85. The zero-order valence-corrected chi connectivity index (χ0v) is 15.8. The molecule has 2 aliphatic rings. The Hall–Kier alpha value is -1.58. The molecule has 0 amide bonds. The zero-order valence-electron chi connectivity index (χ0n) is 15.8. The summed E-state index contributed by atoms with van der Waals surface area (Å²) in [6, 6.07) is 3.54. The van der Waals surface area contributed by atoms with Crippen molar-refractivity contribution in [3.05, 3.63) is 29.6 Å². The zero-order chi connectivity index (χ0) is 18.5. The van der Waals surface area contributed by atoms with Gasteiger partial charge in [-0.15, -0.1) is 0 Å². The van der Waals surface area contributed by atoms with E-state index >= 15 is 0 Å².